The topological polar surface area (TPSA) is 17.8 Å². The van der Waals surface area contributed by atoms with Crippen LogP contribution >= 0.6 is 0 Å². The second kappa shape index (κ2) is 3.61. The fraction of sp³-hybridized carbons (Fsp3) is 0.786. The fourth-order valence-corrected chi connectivity index (χ4v) is 3.42. The van der Waals surface area contributed by atoms with E-state index in [-0.39, 0.29) is 0 Å². The van der Waals surface area contributed by atoms with Crippen molar-refractivity contribution in [2.24, 2.45) is 5.92 Å². The van der Waals surface area contributed by atoms with Crippen LogP contribution in [-0.2, 0) is 12.8 Å². The molecule has 2 heteroatoms. The van der Waals surface area contributed by atoms with E-state index < -0.39 is 0 Å². The van der Waals surface area contributed by atoms with Crippen molar-refractivity contribution in [1.29, 1.82) is 0 Å². The van der Waals surface area contributed by atoms with E-state index in [2.05, 4.69) is 25.3 Å². The van der Waals surface area contributed by atoms with Crippen LogP contribution < -0.4 is 0 Å². The lowest BCUT2D eigenvalue weighted by Gasteiger charge is -2.28. The van der Waals surface area contributed by atoms with E-state index in [1.165, 1.54) is 43.6 Å². The Labute approximate surface area is 98.1 Å². The van der Waals surface area contributed by atoms with Gasteiger partial charge in [-0.3, -0.25) is 0 Å². The minimum Gasteiger partial charge on any atom is -0.329 e. The Balaban J connectivity index is 2.11. The average molecular weight is 218 g/mol. The van der Waals surface area contributed by atoms with Gasteiger partial charge >= 0.3 is 0 Å². The molecule has 1 aliphatic heterocycles. The number of hydrogen-bond donors (Lipinski definition) is 0. The highest BCUT2D eigenvalue weighted by Gasteiger charge is 2.31. The maximum Gasteiger partial charge on any atom is 0.109 e. The molecule has 0 saturated heterocycles. The summed E-state index contributed by atoms with van der Waals surface area (Å²) in [6.07, 6.45) is 6.43. The molecule has 0 aromatic carbocycles. The van der Waals surface area contributed by atoms with Crippen LogP contribution in [-0.4, -0.2) is 9.55 Å². The molecule has 1 aromatic rings. The Kier molecular flexibility index (Phi) is 2.34. The van der Waals surface area contributed by atoms with Gasteiger partial charge in [-0.25, -0.2) is 4.98 Å². The molecular weight excluding hydrogens is 196 g/mol. The second-order valence-electron chi connectivity index (χ2n) is 5.78. The standard InChI is InChI=1S/C14H22N2/c1-9-7-8-12-14(11(9)3)15-13-6-4-5-10(2)16(12)13/h9-11H,4-8H2,1-3H3. The minimum absolute atomic E-state index is 0.661. The lowest BCUT2D eigenvalue weighted by Crippen LogP contribution is -2.21. The Hall–Kier alpha value is -0.790. The molecule has 0 fully saturated rings. The van der Waals surface area contributed by atoms with E-state index in [1.54, 1.807) is 5.69 Å². The van der Waals surface area contributed by atoms with Crippen LogP contribution in [0, 0.1) is 5.92 Å². The highest BCUT2D eigenvalue weighted by Crippen LogP contribution is 2.38. The average Bonchev–Trinajstić information content (AvgIpc) is 2.64. The summed E-state index contributed by atoms with van der Waals surface area (Å²) in [4.78, 5) is 4.94. The van der Waals surface area contributed by atoms with E-state index in [1.807, 2.05) is 0 Å². The third-order valence-electron chi connectivity index (χ3n) is 4.70. The Bertz CT molecular complexity index is 405. The molecule has 1 aromatic heterocycles. The predicted octanol–water partition coefficient (Wildman–Crippen LogP) is 3.47. The molecule has 0 amide bonds. The van der Waals surface area contributed by atoms with Gasteiger partial charge in [0.15, 0.2) is 0 Å². The number of fused-ring (bicyclic) bond motifs is 3. The molecule has 3 unspecified atom stereocenters. The van der Waals surface area contributed by atoms with Crippen LogP contribution in [0.1, 0.15) is 69.2 Å². The van der Waals surface area contributed by atoms with Gasteiger partial charge < -0.3 is 4.57 Å². The van der Waals surface area contributed by atoms with Crippen molar-refractivity contribution >= 4 is 0 Å². The summed E-state index contributed by atoms with van der Waals surface area (Å²) in [7, 11) is 0. The maximum absolute atomic E-state index is 4.94. The summed E-state index contributed by atoms with van der Waals surface area (Å²) >= 11 is 0. The normalized spacial score (nSPS) is 33.3. The lowest BCUT2D eigenvalue weighted by molar-refractivity contribution is 0.383. The van der Waals surface area contributed by atoms with Crippen LogP contribution in [0.5, 0.6) is 0 Å². The summed E-state index contributed by atoms with van der Waals surface area (Å²) in [5.74, 6) is 2.83. The fourth-order valence-electron chi connectivity index (χ4n) is 3.42. The van der Waals surface area contributed by atoms with Crippen LogP contribution in [0.4, 0.5) is 0 Å². The largest absolute Gasteiger partial charge is 0.329 e. The second-order valence-corrected chi connectivity index (χ2v) is 5.78. The molecule has 0 bridgehead atoms. The first-order chi connectivity index (χ1) is 7.68. The van der Waals surface area contributed by atoms with Gasteiger partial charge in [0.05, 0.1) is 5.69 Å². The number of rotatable bonds is 0. The molecule has 3 atom stereocenters. The zero-order valence-electron chi connectivity index (χ0n) is 10.7. The van der Waals surface area contributed by atoms with Crippen LogP contribution in [0.2, 0.25) is 0 Å². The minimum atomic E-state index is 0.661. The molecule has 16 heavy (non-hydrogen) atoms. The number of aromatic nitrogens is 2. The number of hydrogen-bond acceptors (Lipinski definition) is 1. The third-order valence-corrected chi connectivity index (χ3v) is 4.70. The molecule has 3 rings (SSSR count). The monoisotopic (exact) mass is 218 g/mol. The summed E-state index contributed by atoms with van der Waals surface area (Å²) < 4.78 is 2.56. The summed E-state index contributed by atoms with van der Waals surface area (Å²) in [6.45, 7) is 7.08. The highest BCUT2D eigenvalue weighted by atomic mass is 15.1. The van der Waals surface area contributed by atoms with Gasteiger partial charge in [0.25, 0.3) is 0 Å². The van der Waals surface area contributed by atoms with E-state index in [4.69, 9.17) is 4.98 Å². The molecule has 0 spiro atoms. The lowest BCUT2D eigenvalue weighted by atomic mass is 9.82. The van der Waals surface area contributed by atoms with E-state index in [9.17, 15) is 0 Å². The zero-order valence-corrected chi connectivity index (χ0v) is 10.7. The van der Waals surface area contributed by atoms with Crippen molar-refractivity contribution in [3.8, 4) is 0 Å². The van der Waals surface area contributed by atoms with Crippen molar-refractivity contribution < 1.29 is 0 Å². The van der Waals surface area contributed by atoms with Gasteiger partial charge in [-0.2, -0.15) is 0 Å². The molecule has 1 aliphatic carbocycles. The Morgan fingerprint density at radius 2 is 1.94 bits per heavy atom. The van der Waals surface area contributed by atoms with Crippen molar-refractivity contribution in [2.75, 3.05) is 0 Å². The van der Waals surface area contributed by atoms with E-state index >= 15 is 0 Å². The quantitative estimate of drug-likeness (QED) is 0.652. The van der Waals surface area contributed by atoms with Gasteiger partial charge in [0, 0.05) is 24.1 Å². The Morgan fingerprint density at radius 3 is 2.75 bits per heavy atom. The van der Waals surface area contributed by atoms with Crippen molar-refractivity contribution in [3.05, 3.63) is 17.2 Å². The van der Waals surface area contributed by atoms with Crippen LogP contribution in [0.25, 0.3) is 0 Å². The highest BCUT2D eigenvalue weighted by molar-refractivity contribution is 5.26. The molecule has 2 nitrogen and oxygen atoms in total. The SMILES string of the molecule is CC1CCc2c(nc3n2C(C)CCC3)C1C. The molecular formula is C14H22N2. The first kappa shape index (κ1) is 10.4. The summed E-state index contributed by atoms with van der Waals surface area (Å²) in [5.41, 5.74) is 2.98. The third kappa shape index (κ3) is 1.35. The Morgan fingerprint density at radius 1 is 1.12 bits per heavy atom. The van der Waals surface area contributed by atoms with Gasteiger partial charge in [-0.05, 0) is 38.5 Å². The molecule has 0 saturated carbocycles. The first-order valence-corrected chi connectivity index (χ1v) is 6.78. The summed E-state index contributed by atoms with van der Waals surface area (Å²) in [6, 6.07) is 0.681. The smallest absolute Gasteiger partial charge is 0.109 e. The first-order valence-electron chi connectivity index (χ1n) is 6.78. The van der Waals surface area contributed by atoms with Gasteiger partial charge in [-0.1, -0.05) is 13.8 Å². The molecule has 0 radical (unpaired) electrons. The number of aryl methyl sites for hydroxylation is 1. The molecule has 2 heterocycles. The summed E-state index contributed by atoms with van der Waals surface area (Å²) in [5, 5.41) is 0. The van der Waals surface area contributed by atoms with Crippen molar-refractivity contribution in [1.82, 2.24) is 9.55 Å². The molecule has 88 valence electrons. The number of imidazole rings is 1. The van der Waals surface area contributed by atoms with Crippen LogP contribution in [0.3, 0.4) is 0 Å². The van der Waals surface area contributed by atoms with Crippen molar-refractivity contribution in [3.63, 3.8) is 0 Å². The predicted molar refractivity (Wildman–Crippen MR) is 65.8 cm³/mol. The van der Waals surface area contributed by atoms with E-state index in [0.29, 0.717) is 12.0 Å². The van der Waals surface area contributed by atoms with Gasteiger partial charge in [0.2, 0.25) is 0 Å². The van der Waals surface area contributed by atoms with Crippen molar-refractivity contribution in [2.45, 2.75) is 64.8 Å². The molecule has 2 aliphatic rings. The van der Waals surface area contributed by atoms with E-state index in [0.717, 1.165) is 5.92 Å². The number of nitrogens with zero attached hydrogens (tertiary/aromatic N) is 2. The van der Waals surface area contributed by atoms with Gasteiger partial charge in [-0.15, -0.1) is 0 Å². The maximum atomic E-state index is 4.94. The molecule has 0 N–H and O–H groups in total. The van der Waals surface area contributed by atoms with Gasteiger partial charge in [0.1, 0.15) is 5.82 Å². The zero-order chi connectivity index (χ0) is 11.3. The van der Waals surface area contributed by atoms with Crippen LogP contribution in [0.15, 0.2) is 0 Å².